The first-order valence-electron chi connectivity index (χ1n) is 10.5. The molecule has 0 aromatic carbocycles. The first-order valence-corrected chi connectivity index (χ1v) is 12.3. The van der Waals surface area contributed by atoms with E-state index in [4.69, 9.17) is 19.5 Å². The summed E-state index contributed by atoms with van der Waals surface area (Å²) in [5, 5.41) is 21.1. The number of nitrogens with zero attached hydrogens (tertiary/aromatic N) is 3. The topological polar surface area (TPSA) is 175 Å². The van der Waals surface area contributed by atoms with Crippen LogP contribution in [0.25, 0.3) is 11.0 Å². The van der Waals surface area contributed by atoms with Gasteiger partial charge >= 0.3 is 8.25 Å². The highest BCUT2D eigenvalue weighted by molar-refractivity contribution is 9.10. The number of hydrogen-bond acceptors (Lipinski definition) is 10. The van der Waals surface area contributed by atoms with Crippen LogP contribution in [-0.2, 0) is 18.3 Å². The number of halogens is 1. The second kappa shape index (κ2) is 10.6. The van der Waals surface area contributed by atoms with Crippen LogP contribution in [0, 0.1) is 5.92 Å². The zero-order chi connectivity index (χ0) is 24.4. The molecule has 0 spiro atoms. The van der Waals surface area contributed by atoms with Gasteiger partial charge in [0.15, 0.2) is 5.65 Å². The summed E-state index contributed by atoms with van der Waals surface area (Å²) in [6.07, 6.45) is 1.81. The van der Waals surface area contributed by atoms with Crippen LogP contribution in [0.4, 0.5) is 5.95 Å². The summed E-state index contributed by atoms with van der Waals surface area (Å²) in [6, 6.07) is 3.33. The minimum atomic E-state index is -2.49. The number of aliphatic hydroxyl groups excluding tert-OH is 2. The van der Waals surface area contributed by atoms with Gasteiger partial charge in [-0.2, -0.15) is 4.98 Å². The fourth-order valence-corrected chi connectivity index (χ4v) is 4.78. The third-order valence-electron chi connectivity index (χ3n) is 5.60. The number of nitrogen functional groups attached to an aromatic ring is 1. The first-order chi connectivity index (χ1) is 16.2. The monoisotopic (exact) mass is 556 g/mol. The van der Waals surface area contributed by atoms with Crippen LogP contribution >= 0.6 is 24.2 Å². The third-order valence-corrected chi connectivity index (χ3v) is 6.79. The molecule has 0 bridgehead atoms. The molecule has 1 saturated heterocycles. The van der Waals surface area contributed by atoms with Crippen molar-refractivity contribution in [3.8, 4) is 0 Å². The molecule has 6 unspecified atom stereocenters. The van der Waals surface area contributed by atoms with Gasteiger partial charge in [-0.1, -0.05) is 6.92 Å². The van der Waals surface area contributed by atoms with E-state index in [1.54, 1.807) is 36.0 Å². The zero-order valence-corrected chi connectivity index (χ0v) is 20.6. The average molecular weight is 557 g/mol. The van der Waals surface area contributed by atoms with E-state index < -0.39 is 32.8 Å². The van der Waals surface area contributed by atoms with Crippen molar-refractivity contribution in [3.05, 3.63) is 51.1 Å². The van der Waals surface area contributed by atoms with E-state index in [1.807, 2.05) is 0 Å². The smallest absolute Gasteiger partial charge is 0.390 e. The number of pyridine rings is 1. The summed E-state index contributed by atoms with van der Waals surface area (Å²) in [5.41, 5.74) is 6.23. The summed E-state index contributed by atoms with van der Waals surface area (Å²) in [7, 11) is -2.49. The van der Waals surface area contributed by atoms with Crippen molar-refractivity contribution in [2.24, 2.45) is 5.92 Å². The zero-order valence-electron chi connectivity index (χ0n) is 18.1. The average Bonchev–Trinajstić information content (AvgIpc) is 3.33. The second-order valence-corrected chi connectivity index (χ2v) is 9.80. The number of ether oxygens (including phenoxy) is 1. The SMILES string of the molecule is CC1C(O)C(CO[P+](=O)OCCC(O)c2cncc(Br)c2)OC1n1ccc2c(=O)[nH]c(N)nc21. The molecule has 34 heavy (non-hydrogen) atoms. The number of rotatable bonds is 9. The van der Waals surface area contributed by atoms with Gasteiger partial charge < -0.3 is 25.3 Å². The normalized spacial score (nSPS) is 23.9. The van der Waals surface area contributed by atoms with Crippen molar-refractivity contribution in [2.75, 3.05) is 18.9 Å². The molecule has 6 atom stereocenters. The van der Waals surface area contributed by atoms with Gasteiger partial charge in [0.1, 0.15) is 25.5 Å². The van der Waals surface area contributed by atoms with Crippen molar-refractivity contribution in [3.63, 3.8) is 0 Å². The van der Waals surface area contributed by atoms with Crippen LogP contribution in [0.1, 0.15) is 31.2 Å². The molecule has 0 aliphatic carbocycles. The first kappa shape index (κ1) is 24.9. The predicted octanol–water partition coefficient (Wildman–Crippen LogP) is 2.17. The lowest BCUT2D eigenvalue weighted by atomic mass is 10.0. The van der Waals surface area contributed by atoms with Crippen LogP contribution in [0.3, 0.4) is 0 Å². The number of fused-ring (bicyclic) bond motifs is 1. The Balaban J connectivity index is 1.30. The Labute approximate surface area is 203 Å². The van der Waals surface area contributed by atoms with Crippen LogP contribution in [0.15, 0.2) is 40.0 Å². The molecule has 1 fully saturated rings. The Kier molecular flexibility index (Phi) is 7.73. The van der Waals surface area contributed by atoms with E-state index >= 15 is 0 Å². The highest BCUT2D eigenvalue weighted by atomic mass is 79.9. The molecule has 0 radical (unpaired) electrons. The highest BCUT2D eigenvalue weighted by Crippen LogP contribution is 2.37. The summed E-state index contributed by atoms with van der Waals surface area (Å²) in [6.45, 7) is 1.60. The largest absolute Gasteiger partial charge is 0.697 e. The van der Waals surface area contributed by atoms with E-state index in [0.29, 0.717) is 16.6 Å². The number of hydrogen-bond donors (Lipinski definition) is 4. The Hall–Kier alpha value is -2.25. The number of H-pyrrole nitrogens is 1. The molecule has 3 aromatic heterocycles. The van der Waals surface area contributed by atoms with E-state index in [2.05, 4.69) is 30.9 Å². The standard InChI is InChI=1S/C20H23BrN5O7P/c1-10-16(28)15(33-19(10)26-4-2-13-17(26)24-20(22)25-18(13)29)9-32-34(30)31-5-3-14(27)11-6-12(21)8-23-7-11/h2,4,6-8,10,14-16,19,27-28H,3,5,9H2,1H3,(H2-,22,24,25,29)/p+1. The molecule has 1 aliphatic heterocycles. The predicted molar refractivity (Wildman–Crippen MR) is 125 cm³/mol. The maximum absolute atomic E-state index is 12.1. The Morgan fingerprint density at radius 1 is 1.41 bits per heavy atom. The Bertz CT molecular complexity index is 1240. The second-order valence-electron chi connectivity index (χ2n) is 7.92. The van der Waals surface area contributed by atoms with Gasteiger partial charge in [-0.15, -0.1) is 9.05 Å². The molecule has 0 saturated carbocycles. The molecule has 4 rings (SSSR count). The number of aliphatic hydroxyl groups is 2. The van der Waals surface area contributed by atoms with Gasteiger partial charge in [0.05, 0.1) is 17.6 Å². The lowest BCUT2D eigenvalue weighted by molar-refractivity contribution is -0.0407. The van der Waals surface area contributed by atoms with E-state index in [0.717, 1.165) is 4.47 Å². The lowest BCUT2D eigenvalue weighted by Gasteiger charge is -2.18. The fourth-order valence-electron chi connectivity index (χ4n) is 3.80. The van der Waals surface area contributed by atoms with Gasteiger partial charge in [0, 0.05) is 45.5 Å². The van der Waals surface area contributed by atoms with Crippen molar-refractivity contribution in [1.29, 1.82) is 0 Å². The molecule has 0 amide bonds. The maximum atomic E-state index is 12.1. The fraction of sp³-hybridized carbons (Fsp3) is 0.450. The van der Waals surface area contributed by atoms with Gasteiger partial charge in [0.2, 0.25) is 5.95 Å². The summed E-state index contributed by atoms with van der Waals surface area (Å²) < 4.78 is 30.8. The number of anilines is 1. The Morgan fingerprint density at radius 3 is 2.97 bits per heavy atom. The third kappa shape index (κ3) is 5.36. The number of aromatic nitrogens is 4. The van der Waals surface area contributed by atoms with Gasteiger partial charge in [-0.05, 0) is 28.1 Å². The van der Waals surface area contributed by atoms with E-state index in [1.165, 1.54) is 6.20 Å². The number of nitrogens with one attached hydrogen (secondary N) is 1. The molecule has 1 aliphatic rings. The molecular formula is C20H24BrN5O7P+. The summed E-state index contributed by atoms with van der Waals surface area (Å²) in [5.74, 6) is -0.404. The molecule has 12 nitrogen and oxygen atoms in total. The van der Waals surface area contributed by atoms with Crippen molar-refractivity contribution in [1.82, 2.24) is 19.5 Å². The van der Waals surface area contributed by atoms with E-state index in [9.17, 15) is 19.6 Å². The molecule has 3 aromatic rings. The minimum Gasteiger partial charge on any atom is -0.390 e. The molecule has 4 heterocycles. The van der Waals surface area contributed by atoms with Crippen molar-refractivity contribution in [2.45, 2.75) is 37.9 Å². The van der Waals surface area contributed by atoms with Crippen LogP contribution in [-0.4, -0.2) is 55.2 Å². The van der Waals surface area contributed by atoms with Crippen LogP contribution in [0.5, 0.6) is 0 Å². The Morgan fingerprint density at radius 2 is 2.21 bits per heavy atom. The maximum Gasteiger partial charge on any atom is 0.697 e. The van der Waals surface area contributed by atoms with Gasteiger partial charge in [-0.3, -0.25) is 14.8 Å². The van der Waals surface area contributed by atoms with Crippen LogP contribution < -0.4 is 11.3 Å². The number of nitrogens with two attached hydrogens (primary N) is 1. The molecular weight excluding hydrogens is 533 g/mol. The summed E-state index contributed by atoms with van der Waals surface area (Å²) in [4.78, 5) is 22.7. The summed E-state index contributed by atoms with van der Waals surface area (Å²) >= 11 is 3.29. The lowest BCUT2D eigenvalue weighted by Crippen LogP contribution is -2.28. The van der Waals surface area contributed by atoms with Crippen LogP contribution in [0.2, 0.25) is 0 Å². The van der Waals surface area contributed by atoms with Gasteiger partial charge in [-0.25, -0.2) is 0 Å². The highest BCUT2D eigenvalue weighted by Gasteiger charge is 2.44. The molecule has 5 N–H and O–H groups in total. The van der Waals surface area contributed by atoms with Gasteiger partial charge in [0.25, 0.3) is 5.56 Å². The molecule has 14 heteroatoms. The quantitative estimate of drug-likeness (QED) is 0.286. The number of aromatic amines is 1. The van der Waals surface area contributed by atoms with Crippen molar-refractivity contribution >= 4 is 41.2 Å². The van der Waals surface area contributed by atoms with Crippen molar-refractivity contribution < 1.29 is 28.6 Å². The van der Waals surface area contributed by atoms with E-state index in [-0.39, 0.29) is 37.1 Å². The molecule has 182 valence electrons. The minimum absolute atomic E-state index is 0.00696.